The highest BCUT2D eigenvalue weighted by Gasteiger charge is 2.06. The first-order valence-corrected chi connectivity index (χ1v) is 6.16. The van der Waals surface area contributed by atoms with Crippen LogP contribution in [0, 0.1) is 0 Å². The summed E-state index contributed by atoms with van der Waals surface area (Å²) in [6.07, 6.45) is 0.126. The second-order valence-electron chi connectivity index (χ2n) is 2.61. The van der Waals surface area contributed by atoms with Crippen molar-refractivity contribution >= 4 is 5.97 Å². The number of phenolic OH excluding ortho intramolecular Hbond substituents is 1. The normalized spacial score (nSPS) is 8.06. The monoisotopic (exact) mass is 240 g/mol. The number of hydrogen-bond donors (Lipinski definition) is 1. The Kier molecular flexibility index (Phi) is 13.2. The van der Waals surface area contributed by atoms with Crippen LogP contribution >= 0.6 is 0 Å². The SMILES string of the molecule is CC.CC.CCOC(=O)Cc1ccccc1O. The number of ether oxygens (including phenoxy) is 1. The number of rotatable bonds is 3. The van der Waals surface area contributed by atoms with Crippen molar-refractivity contribution in [1.82, 2.24) is 0 Å². The summed E-state index contributed by atoms with van der Waals surface area (Å²) in [5.74, 6) is -0.181. The minimum absolute atomic E-state index is 0.126. The van der Waals surface area contributed by atoms with Gasteiger partial charge in [0.2, 0.25) is 0 Å². The van der Waals surface area contributed by atoms with Crippen LogP contribution in [-0.4, -0.2) is 17.7 Å². The van der Waals surface area contributed by atoms with E-state index in [1.54, 1.807) is 31.2 Å². The van der Waals surface area contributed by atoms with Gasteiger partial charge in [0.1, 0.15) is 5.75 Å². The Labute approximate surface area is 104 Å². The van der Waals surface area contributed by atoms with Crippen molar-refractivity contribution in [3.63, 3.8) is 0 Å². The number of carbonyl (C=O) groups is 1. The Balaban J connectivity index is 0. The minimum atomic E-state index is -0.316. The maximum Gasteiger partial charge on any atom is 0.310 e. The molecule has 0 aliphatic heterocycles. The molecule has 1 N–H and O–H groups in total. The third kappa shape index (κ3) is 8.31. The fraction of sp³-hybridized carbons (Fsp3) is 0.500. The fourth-order valence-electron chi connectivity index (χ4n) is 1.03. The molecule has 1 rings (SSSR count). The molecule has 0 saturated carbocycles. The van der Waals surface area contributed by atoms with E-state index >= 15 is 0 Å². The second-order valence-corrected chi connectivity index (χ2v) is 2.61. The van der Waals surface area contributed by atoms with Crippen molar-refractivity contribution < 1.29 is 14.6 Å². The lowest BCUT2D eigenvalue weighted by Crippen LogP contribution is -2.07. The highest BCUT2D eigenvalue weighted by Crippen LogP contribution is 2.16. The summed E-state index contributed by atoms with van der Waals surface area (Å²) in [6.45, 7) is 10.1. The topological polar surface area (TPSA) is 46.5 Å². The van der Waals surface area contributed by atoms with Crippen LogP contribution in [0.5, 0.6) is 5.75 Å². The highest BCUT2D eigenvalue weighted by molar-refractivity contribution is 5.73. The summed E-state index contributed by atoms with van der Waals surface area (Å²) in [6, 6.07) is 6.74. The third-order valence-electron chi connectivity index (χ3n) is 1.63. The van der Waals surface area contributed by atoms with Crippen molar-refractivity contribution in [3.05, 3.63) is 29.8 Å². The van der Waals surface area contributed by atoms with Gasteiger partial charge in [0.05, 0.1) is 13.0 Å². The van der Waals surface area contributed by atoms with E-state index in [0.29, 0.717) is 12.2 Å². The summed E-state index contributed by atoms with van der Waals surface area (Å²) in [5.41, 5.74) is 0.598. The molecule has 3 heteroatoms. The van der Waals surface area contributed by atoms with E-state index in [0.717, 1.165) is 0 Å². The molecule has 0 fully saturated rings. The zero-order valence-electron chi connectivity index (χ0n) is 11.5. The summed E-state index contributed by atoms with van der Waals surface area (Å²) < 4.78 is 4.75. The van der Waals surface area contributed by atoms with Gasteiger partial charge in [0.25, 0.3) is 0 Å². The van der Waals surface area contributed by atoms with E-state index in [4.69, 9.17) is 4.74 Å². The van der Waals surface area contributed by atoms with Crippen molar-refractivity contribution in [2.45, 2.75) is 41.0 Å². The van der Waals surface area contributed by atoms with Gasteiger partial charge in [-0.15, -0.1) is 0 Å². The fourth-order valence-corrected chi connectivity index (χ4v) is 1.03. The molecule has 0 radical (unpaired) electrons. The van der Waals surface area contributed by atoms with E-state index in [2.05, 4.69) is 0 Å². The number of phenols is 1. The Morgan fingerprint density at radius 2 is 1.71 bits per heavy atom. The van der Waals surface area contributed by atoms with Gasteiger partial charge in [-0.25, -0.2) is 0 Å². The highest BCUT2D eigenvalue weighted by atomic mass is 16.5. The maximum absolute atomic E-state index is 11.0. The molecule has 1 aromatic carbocycles. The van der Waals surface area contributed by atoms with Crippen LogP contribution in [-0.2, 0) is 16.0 Å². The molecule has 0 aromatic heterocycles. The van der Waals surface area contributed by atoms with Gasteiger partial charge in [0.15, 0.2) is 0 Å². The standard InChI is InChI=1S/C10H12O3.2C2H6/c1-2-13-10(12)7-8-5-3-4-6-9(8)11;2*1-2/h3-6,11H,2,7H2,1H3;2*1-2H3. The molecular formula is C14H24O3. The summed E-state index contributed by atoms with van der Waals surface area (Å²) in [7, 11) is 0. The zero-order chi connectivity index (χ0) is 13.7. The molecule has 0 unspecified atom stereocenters. The van der Waals surface area contributed by atoms with Gasteiger partial charge >= 0.3 is 5.97 Å². The predicted molar refractivity (Wildman–Crippen MR) is 71.1 cm³/mol. The maximum atomic E-state index is 11.0. The van der Waals surface area contributed by atoms with Gasteiger partial charge in [-0.2, -0.15) is 0 Å². The molecule has 3 nitrogen and oxygen atoms in total. The number of aromatic hydroxyl groups is 1. The van der Waals surface area contributed by atoms with Crippen LogP contribution < -0.4 is 0 Å². The smallest absolute Gasteiger partial charge is 0.310 e. The first-order valence-electron chi connectivity index (χ1n) is 6.16. The van der Waals surface area contributed by atoms with Crippen LogP contribution in [0.1, 0.15) is 40.2 Å². The van der Waals surface area contributed by atoms with Crippen molar-refractivity contribution in [2.75, 3.05) is 6.61 Å². The Morgan fingerprint density at radius 1 is 1.18 bits per heavy atom. The van der Waals surface area contributed by atoms with E-state index in [-0.39, 0.29) is 18.1 Å². The molecular weight excluding hydrogens is 216 g/mol. The molecule has 0 aliphatic carbocycles. The van der Waals surface area contributed by atoms with Crippen molar-refractivity contribution in [3.8, 4) is 5.75 Å². The lowest BCUT2D eigenvalue weighted by atomic mass is 10.1. The van der Waals surface area contributed by atoms with Gasteiger partial charge in [0, 0.05) is 5.56 Å². The largest absolute Gasteiger partial charge is 0.508 e. The van der Waals surface area contributed by atoms with E-state index in [1.165, 1.54) is 0 Å². The molecule has 0 bridgehead atoms. The second kappa shape index (κ2) is 12.6. The van der Waals surface area contributed by atoms with Gasteiger partial charge in [-0.1, -0.05) is 45.9 Å². The average Bonchev–Trinajstić information content (AvgIpc) is 2.37. The Bertz CT molecular complexity index is 295. The molecule has 1 aromatic rings. The first kappa shape index (κ1) is 17.9. The van der Waals surface area contributed by atoms with Crippen LogP contribution in [0.15, 0.2) is 24.3 Å². The van der Waals surface area contributed by atoms with Gasteiger partial charge in [-0.3, -0.25) is 4.79 Å². The summed E-state index contributed by atoms with van der Waals surface area (Å²) >= 11 is 0. The molecule has 98 valence electrons. The lowest BCUT2D eigenvalue weighted by molar-refractivity contribution is -0.142. The number of hydrogen-bond acceptors (Lipinski definition) is 3. The summed E-state index contributed by atoms with van der Waals surface area (Å²) in [5, 5.41) is 9.32. The molecule has 0 aliphatic rings. The molecule has 0 amide bonds. The van der Waals surface area contributed by atoms with E-state index in [1.807, 2.05) is 27.7 Å². The van der Waals surface area contributed by atoms with Crippen LogP contribution in [0.25, 0.3) is 0 Å². The third-order valence-corrected chi connectivity index (χ3v) is 1.63. The average molecular weight is 240 g/mol. The first-order chi connectivity index (χ1) is 8.24. The van der Waals surface area contributed by atoms with Gasteiger partial charge < -0.3 is 9.84 Å². The van der Waals surface area contributed by atoms with Crippen LogP contribution in [0.3, 0.4) is 0 Å². The van der Waals surface area contributed by atoms with Crippen LogP contribution in [0.4, 0.5) is 0 Å². The predicted octanol–water partition coefficient (Wildman–Crippen LogP) is 3.55. The van der Waals surface area contributed by atoms with E-state index < -0.39 is 0 Å². The number of carbonyl (C=O) groups excluding carboxylic acids is 1. The van der Waals surface area contributed by atoms with Crippen molar-refractivity contribution in [2.24, 2.45) is 0 Å². The zero-order valence-corrected chi connectivity index (χ0v) is 11.5. The quantitative estimate of drug-likeness (QED) is 0.822. The van der Waals surface area contributed by atoms with Crippen LogP contribution in [0.2, 0.25) is 0 Å². The Hall–Kier alpha value is -1.51. The minimum Gasteiger partial charge on any atom is -0.508 e. The summed E-state index contributed by atoms with van der Waals surface area (Å²) in [4.78, 5) is 11.0. The Morgan fingerprint density at radius 3 is 2.18 bits per heavy atom. The molecule has 0 heterocycles. The number of esters is 1. The van der Waals surface area contributed by atoms with E-state index in [9.17, 15) is 9.90 Å². The van der Waals surface area contributed by atoms with Gasteiger partial charge in [-0.05, 0) is 13.0 Å². The molecule has 0 spiro atoms. The molecule has 0 saturated heterocycles. The lowest BCUT2D eigenvalue weighted by Gasteiger charge is -2.03. The number of para-hydroxylation sites is 1. The number of benzene rings is 1. The molecule has 0 atom stereocenters. The van der Waals surface area contributed by atoms with Crippen molar-refractivity contribution in [1.29, 1.82) is 0 Å². The molecule has 17 heavy (non-hydrogen) atoms.